The van der Waals surface area contributed by atoms with E-state index in [1.54, 1.807) is 0 Å². The predicted molar refractivity (Wildman–Crippen MR) is 73.6 cm³/mol. The molecule has 0 bridgehead atoms. The largest absolute Gasteiger partial charge is 0.360 e. The molecule has 0 aliphatic heterocycles. The molecule has 1 heterocycles. The van der Waals surface area contributed by atoms with E-state index in [2.05, 4.69) is 48.0 Å². The number of nitrogens with one attached hydrogen (secondary N) is 1. The Kier molecular flexibility index (Phi) is 5.73. The zero-order valence-electron chi connectivity index (χ0n) is 11.4. The molecule has 1 N–H and O–H groups in total. The highest BCUT2D eigenvalue weighted by Gasteiger charge is 2.05. The summed E-state index contributed by atoms with van der Waals surface area (Å²) >= 11 is 0. The van der Waals surface area contributed by atoms with E-state index in [1.165, 1.54) is 12.8 Å². The van der Waals surface area contributed by atoms with Crippen LogP contribution >= 0.6 is 0 Å². The van der Waals surface area contributed by atoms with E-state index >= 15 is 0 Å². The number of anilines is 2. The molecule has 0 aromatic carbocycles. The second-order valence-corrected chi connectivity index (χ2v) is 4.47. The summed E-state index contributed by atoms with van der Waals surface area (Å²) in [5, 5.41) is 3.29. The van der Waals surface area contributed by atoms with Gasteiger partial charge in [0.1, 0.15) is 5.82 Å². The summed E-state index contributed by atoms with van der Waals surface area (Å²) in [5.74, 6) is 1.71. The normalized spacial score (nSPS) is 12.2. The van der Waals surface area contributed by atoms with Gasteiger partial charge in [-0.2, -0.15) is 4.98 Å². The Morgan fingerprint density at radius 2 is 2.18 bits per heavy atom. The van der Waals surface area contributed by atoms with Crippen molar-refractivity contribution >= 4 is 11.8 Å². The third kappa shape index (κ3) is 4.59. The highest BCUT2D eigenvalue weighted by Crippen LogP contribution is 2.12. The topological polar surface area (TPSA) is 41.1 Å². The van der Waals surface area contributed by atoms with E-state index in [0.29, 0.717) is 6.04 Å². The van der Waals surface area contributed by atoms with E-state index in [1.807, 2.05) is 12.3 Å². The summed E-state index contributed by atoms with van der Waals surface area (Å²) in [6.07, 6.45) is 5.27. The number of hydrogen-bond acceptors (Lipinski definition) is 4. The van der Waals surface area contributed by atoms with Crippen molar-refractivity contribution < 1.29 is 0 Å². The minimum Gasteiger partial charge on any atom is -0.360 e. The molecule has 0 fully saturated rings. The van der Waals surface area contributed by atoms with Gasteiger partial charge in [0.15, 0.2) is 0 Å². The standard InChI is InChI=1S/C13H24N4/c1-5-7-10-17(4)12-8-9-14-13(16-12)15-11(3)6-2/h8-9,11H,5-7,10H2,1-4H3,(H,14,15,16). The Bertz CT molecular complexity index is 327. The minimum absolute atomic E-state index is 0.409. The van der Waals surface area contributed by atoms with Gasteiger partial charge >= 0.3 is 0 Å². The van der Waals surface area contributed by atoms with Crippen LogP contribution in [0, 0.1) is 0 Å². The molecule has 0 aliphatic rings. The molecule has 1 atom stereocenters. The van der Waals surface area contributed by atoms with Crippen molar-refractivity contribution in [2.75, 3.05) is 23.8 Å². The summed E-state index contributed by atoms with van der Waals surface area (Å²) in [6, 6.07) is 2.36. The molecule has 0 spiro atoms. The number of rotatable bonds is 7. The predicted octanol–water partition coefficient (Wildman–Crippen LogP) is 2.92. The van der Waals surface area contributed by atoms with E-state index < -0.39 is 0 Å². The van der Waals surface area contributed by atoms with E-state index in [9.17, 15) is 0 Å². The Morgan fingerprint density at radius 3 is 2.82 bits per heavy atom. The van der Waals surface area contributed by atoms with Crippen molar-refractivity contribution in [1.29, 1.82) is 0 Å². The maximum atomic E-state index is 4.52. The Hall–Kier alpha value is -1.32. The van der Waals surface area contributed by atoms with Gasteiger partial charge in [-0.05, 0) is 25.8 Å². The summed E-state index contributed by atoms with van der Waals surface area (Å²) < 4.78 is 0. The molecule has 0 saturated carbocycles. The number of nitrogens with zero attached hydrogens (tertiary/aromatic N) is 3. The highest BCUT2D eigenvalue weighted by atomic mass is 15.2. The van der Waals surface area contributed by atoms with Crippen LogP contribution in [0.1, 0.15) is 40.0 Å². The molecule has 4 nitrogen and oxygen atoms in total. The Labute approximate surface area is 104 Å². The van der Waals surface area contributed by atoms with Crippen molar-refractivity contribution in [3.05, 3.63) is 12.3 Å². The van der Waals surface area contributed by atoms with Gasteiger partial charge < -0.3 is 10.2 Å². The third-order valence-electron chi connectivity index (χ3n) is 2.87. The molecule has 1 unspecified atom stereocenters. The molecule has 1 rings (SSSR count). The van der Waals surface area contributed by atoms with Gasteiger partial charge in [0.05, 0.1) is 0 Å². The molecule has 0 saturated heterocycles. The summed E-state index contributed by atoms with van der Waals surface area (Å²) in [5.41, 5.74) is 0. The fraction of sp³-hybridized carbons (Fsp3) is 0.692. The first-order valence-electron chi connectivity index (χ1n) is 6.48. The van der Waals surface area contributed by atoms with Crippen molar-refractivity contribution in [2.24, 2.45) is 0 Å². The van der Waals surface area contributed by atoms with Gasteiger partial charge in [0.2, 0.25) is 5.95 Å². The van der Waals surface area contributed by atoms with Crippen LogP contribution in [0.25, 0.3) is 0 Å². The lowest BCUT2D eigenvalue weighted by atomic mass is 10.3. The van der Waals surface area contributed by atoms with Gasteiger partial charge in [-0.1, -0.05) is 20.3 Å². The number of hydrogen-bond donors (Lipinski definition) is 1. The Balaban J connectivity index is 2.64. The van der Waals surface area contributed by atoms with E-state index in [0.717, 1.165) is 24.7 Å². The zero-order valence-corrected chi connectivity index (χ0v) is 11.4. The molecular formula is C13H24N4. The van der Waals surface area contributed by atoms with Gasteiger partial charge in [-0.25, -0.2) is 4.98 Å². The molecule has 0 aliphatic carbocycles. The quantitative estimate of drug-likeness (QED) is 0.790. The fourth-order valence-electron chi connectivity index (χ4n) is 1.46. The molecule has 1 aromatic rings. The average molecular weight is 236 g/mol. The molecular weight excluding hydrogens is 212 g/mol. The smallest absolute Gasteiger partial charge is 0.224 e. The molecule has 0 radical (unpaired) electrons. The van der Waals surface area contributed by atoms with Crippen LogP contribution in [0.5, 0.6) is 0 Å². The van der Waals surface area contributed by atoms with Crippen molar-refractivity contribution in [1.82, 2.24) is 9.97 Å². The minimum atomic E-state index is 0.409. The summed E-state index contributed by atoms with van der Waals surface area (Å²) in [4.78, 5) is 10.9. The van der Waals surface area contributed by atoms with Gasteiger partial charge in [0.25, 0.3) is 0 Å². The zero-order chi connectivity index (χ0) is 12.7. The number of unbranched alkanes of at least 4 members (excludes halogenated alkanes) is 1. The lowest BCUT2D eigenvalue weighted by Gasteiger charge is -2.19. The first-order chi connectivity index (χ1) is 8.17. The van der Waals surface area contributed by atoms with Crippen molar-refractivity contribution in [3.8, 4) is 0 Å². The third-order valence-corrected chi connectivity index (χ3v) is 2.87. The first-order valence-corrected chi connectivity index (χ1v) is 6.48. The first kappa shape index (κ1) is 13.7. The molecule has 0 amide bonds. The lowest BCUT2D eigenvalue weighted by molar-refractivity contribution is 0.743. The lowest BCUT2D eigenvalue weighted by Crippen LogP contribution is -2.21. The second-order valence-electron chi connectivity index (χ2n) is 4.47. The summed E-state index contributed by atoms with van der Waals surface area (Å²) in [7, 11) is 2.07. The average Bonchev–Trinajstić information content (AvgIpc) is 2.36. The molecule has 4 heteroatoms. The van der Waals surface area contributed by atoms with E-state index in [-0.39, 0.29) is 0 Å². The second kappa shape index (κ2) is 7.09. The maximum Gasteiger partial charge on any atom is 0.224 e. The maximum absolute atomic E-state index is 4.52. The van der Waals surface area contributed by atoms with Crippen LogP contribution in [-0.4, -0.2) is 29.6 Å². The van der Waals surface area contributed by atoms with Crippen LogP contribution in [-0.2, 0) is 0 Å². The van der Waals surface area contributed by atoms with Crippen LogP contribution in [0.2, 0.25) is 0 Å². The molecule has 17 heavy (non-hydrogen) atoms. The highest BCUT2D eigenvalue weighted by molar-refractivity contribution is 5.41. The van der Waals surface area contributed by atoms with E-state index in [4.69, 9.17) is 0 Å². The van der Waals surface area contributed by atoms with Crippen LogP contribution in [0.15, 0.2) is 12.3 Å². The van der Waals surface area contributed by atoms with Crippen LogP contribution in [0.3, 0.4) is 0 Å². The van der Waals surface area contributed by atoms with Crippen LogP contribution < -0.4 is 10.2 Å². The van der Waals surface area contributed by atoms with Crippen molar-refractivity contribution in [2.45, 2.75) is 46.1 Å². The monoisotopic (exact) mass is 236 g/mol. The van der Waals surface area contributed by atoms with Gasteiger partial charge in [0, 0.05) is 25.8 Å². The van der Waals surface area contributed by atoms with Crippen molar-refractivity contribution in [3.63, 3.8) is 0 Å². The SMILES string of the molecule is CCCCN(C)c1ccnc(NC(C)CC)n1. The molecule has 96 valence electrons. The Morgan fingerprint density at radius 1 is 1.41 bits per heavy atom. The van der Waals surface area contributed by atoms with Crippen LogP contribution in [0.4, 0.5) is 11.8 Å². The fourth-order valence-corrected chi connectivity index (χ4v) is 1.46. The van der Waals surface area contributed by atoms with Gasteiger partial charge in [-0.15, -0.1) is 0 Å². The number of aromatic nitrogens is 2. The summed E-state index contributed by atoms with van der Waals surface area (Å²) in [6.45, 7) is 7.52. The molecule has 1 aromatic heterocycles. The van der Waals surface area contributed by atoms with Gasteiger partial charge in [-0.3, -0.25) is 0 Å².